The largest absolute Gasteiger partial charge is 0.325 e. The lowest BCUT2D eigenvalue weighted by molar-refractivity contribution is -0.120. The summed E-state index contributed by atoms with van der Waals surface area (Å²) in [5.74, 6) is -0.0114. The summed E-state index contributed by atoms with van der Waals surface area (Å²) in [6.45, 7) is 5.09. The minimum Gasteiger partial charge on any atom is -0.325 e. The summed E-state index contributed by atoms with van der Waals surface area (Å²) in [5.41, 5.74) is 3.96. The van der Waals surface area contributed by atoms with Crippen molar-refractivity contribution >= 4 is 23.0 Å². The highest BCUT2D eigenvalue weighted by Crippen LogP contribution is 2.23. The first-order chi connectivity index (χ1) is 12.5. The molecule has 134 valence electrons. The molecular formula is C22H24N2O2. The maximum Gasteiger partial charge on any atom is 0.241 e. The number of Topliss-reactive ketones (excluding diaryl/α,β-unsaturated/α-hetero) is 1. The van der Waals surface area contributed by atoms with Gasteiger partial charge in [0.2, 0.25) is 5.91 Å². The van der Waals surface area contributed by atoms with E-state index in [1.165, 1.54) is 18.1 Å². The number of carbonyl (C=O) groups is 2. The van der Waals surface area contributed by atoms with E-state index in [4.69, 9.17) is 0 Å². The molecule has 1 heterocycles. The van der Waals surface area contributed by atoms with Crippen molar-refractivity contribution < 1.29 is 9.59 Å². The van der Waals surface area contributed by atoms with E-state index in [0.717, 1.165) is 19.5 Å². The molecule has 0 radical (unpaired) electrons. The topological polar surface area (TPSA) is 49.4 Å². The number of nitrogens with zero attached hydrogens (tertiary/aromatic N) is 1. The Bertz CT molecular complexity index is 810. The van der Waals surface area contributed by atoms with Crippen molar-refractivity contribution in [2.45, 2.75) is 26.3 Å². The van der Waals surface area contributed by atoms with E-state index in [-0.39, 0.29) is 17.7 Å². The Morgan fingerprint density at radius 3 is 2.31 bits per heavy atom. The Balaban J connectivity index is 1.59. The number of ketones is 1. The molecular weight excluding hydrogens is 324 g/mol. The van der Waals surface area contributed by atoms with Gasteiger partial charge in [0.25, 0.3) is 0 Å². The van der Waals surface area contributed by atoms with Gasteiger partial charge < -0.3 is 5.32 Å². The maximum absolute atomic E-state index is 12.5. The molecule has 0 saturated carbocycles. The van der Waals surface area contributed by atoms with Gasteiger partial charge in [-0.15, -0.1) is 0 Å². The molecule has 1 atom stereocenters. The van der Waals surface area contributed by atoms with Crippen molar-refractivity contribution in [1.82, 2.24) is 4.90 Å². The summed E-state index contributed by atoms with van der Waals surface area (Å²) in [6, 6.07) is 17.2. The molecule has 26 heavy (non-hydrogen) atoms. The standard InChI is InChI=1S/C22H24N2O2/c1-16(22(26)23-21-10-8-18(9-11-21)17(2)25)24-14-12-20(13-15-24)19-6-4-3-5-7-19/h3-12,16H,13-15H2,1-2H3,(H,23,26). The second-order valence-electron chi connectivity index (χ2n) is 6.64. The van der Waals surface area contributed by atoms with Crippen molar-refractivity contribution in [3.63, 3.8) is 0 Å². The Hall–Kier alpha value is -2.72. The lowest BCUT2D eigenvalue weighted by atomic mass is 9.99. The number of nitrogens with one attached hydrogen (secondary N) is 1. The fourth-order valence-electron chi connectivity index (χ4n) is 3.15. The van der Waals surface area contributed by atoms with Crippen LogP contribution in [0.1, 0.15) is 36.2 Å². The predicted octanol–water partition coefficient (Wildman–Crippen LogP) is 4.01. The van der Waals surface area contributed by atoms with Gasteiger partial charge in [-0.05, 0) is 55.7 Å². The molecule has 4 heteroatoms. The van der Waals surface area contributed by atoms with E-state index in [2.05, 4.69) is 40.6 Å². The summed E-state index contributed by atoms with van der Waals surface area (Å²) in [4.78, 5) is 26.0. The number of amides is 1. The summed E-state index contributed by atoms with van der Waals surface area (Å²) >= 11 is 0. The fraction of sp³-hybridized carbons (Fsp3) is 0.273. The molecule has 0 spiro atoms. The second-order valence-corrected chi connectivity index (χ2v) is 6.64. The van der Waals surface area contributed by atoms with E-state index in [0.29, 0.717) is 11.3 Å². The van der Waals surface area contributed by atoms with Gasteiger partial charge in [0, 0.05) is 24.3 Å². The van der Waals surface area contributed by atoms with Crippen LogP contribution in [0, 0.1) is 0 Å². The third-order valence-electron chi connectivity index (χ3n) is 4.87. The van der Waals surface area contributed by atoms with Crippen LogP contribution in [-0.2, 0) is 4.79 Å². The van der Waals surface area contributed by atoms with Crippen molar-refractivity contribution in [3.05, 3.63) is 71.8 Å². The van der Waals surface area contributed by atoms with Gasteiger partial charge >= 0.3 is 0 Å². The molecule has 2 aromatic carbocycles. The average Bonchev–Trinajstić information content (AvgIpc) is 2.68. The number of carbonyl (C=O) groups excluding carboxylic acids is 2. The highest BCUT2D eigenvalue weighted by atomic mass is 16.2. The number of hydrogen-bond acceptors (Lipinski definition) is 3. The fourth-order valence-corrected chi connectivity index (χ4v) is 3.15. The minimum atomic E-state index is -0.212. The van der Waals surface area contributed by atoms with Gasteiger partial charge in [0.05, 0.1) is 6.04 Å². The highest BCUT2D eigenvalue weighted by molar-refractivity contribution is 5.97. The van der Waals surface area contributed by atoms with Crippen LogP contribution in [0.3, 0.4) is 0 Å². The molecule has 1 amide bonds. The van der Waals surface area contributed by atoms with Gasteiger partial charge in [-0.3, -0.25) is 14.5 Å². The quantitative estimate of drug-likeness (QED) is 0.831. The zero-order valence-electron chi connectivity index (χ0n) is 15.2. The van der Waals surface area contributed by atoms with Crippen molar-refractivity contribution in [2.24, 2.45) is 0 Å². The van der Waals surface area contributed by atoms with Gasteiger partial charge in [-0.25, -0.2) is 0 Å². The van der Waals surface area contributed by atoms with Crippen molar-refractivity contribution in [2.75, 3.05) is 18.4 Å². The van der Waals surface area contributed by atoms with E-state index < -0.39 is 0 Å². The molecule has 0 aliphatic carbocycles. The summed E-state index contributed by atoms with van der Waals surface area (Å²) in [5, 5.41) is 2.94. The van der Waals surface area contributed by atoms with Crippen LogP contribution in [0.2, 0.25) is 0 Å². The first-order valence-electron chi connectivity index (χ1n) is 8.95. The number of anilines is 1. The molecule has 0 fully saturated rings. The third-order valence-corrected chi connectivity index (χ3v) is 4.87. The van der Waals surface area contributed by atoms with Gasteiger partial charge in [-0.2, -0.15) is 0 Å². The van der Waals surface area contributed by atoms with Crippen LogP contribution in [0.25, 0.3) is 5.57 Å². The van der Waals surface area contributed by atoms with Gasteiger partial charge in [0.1, 0.15) is 0 Å². The lowest BCUT2D eigenvalue weighted by Crippen LogP contribution is -2.44. The minimum absolute atomic E-state index is 0.0190. The molecule has 0 bridgehead atoms. The van der Waals surface area contributed by atoms with Crippen LogP contribution < -0.4 is 5.32 Å². The molecule has 0 saturated heterocycles. The van der Waals surface area contributed by atoms with Crippen LogP contribution >= 0.6 is 0 Å². The van der Waals surface area contributed by atoms with E-state index in [9.17, 15) is 9.59 Å². The molecule has 1 unspecified atom stereocenters. The molecule has 0 aromatic heterocycles. The third kappa shape index (κ3) is 4.27. The number of rotatable bonds is 5. The average molecular weight is 348 g/mol. The molecule has 4 nitrogen and oxygen atoms in total. The molecule has 2 aromatic rings. The zero-order chi connectivity index (χ0) is 18.5. The monoisotopic (exact) mass is 348 g/mol. The maximum atomic E-state index is 12.5. The normalized spacial score (nSPS) is 15.8. The van der Waals surface area contributed by atoms with E-state index in [1.807, 2.05) is 13.0 Å². The second kappa shape index (κ2) is 8.11. The van der Waals surface area contributed by atoms with Crippen molar-refractivity contribution in [1.29, 1.82) is 0 Å². The van der Waals surface area contributed by atoms with E-state index in [1.54, 1.807) is 24.3 Å². The summed E-state index contributed by atoms with van der Waals surface area (Å²) < 4.78 is 0. The number of hydrogen-bond donors (Lipinski definition) is 1. The smallest absolute Gasteiger partial charge is 0.241 e. The summed E-state index contributed by atoms with van der Waals surface area (Å²) in [6.07, 6.45) is 3.15. The first kappa shape index (κ1) is 18.1. The summed E-state index contributed by atoms with van der Waals surface area (Å²) in [7, 11) is 0. The Morgan fingerprint density at radius 1 is 1.04 bits per heavy atom. The predicted molar refractivity (Wildman–Crippen MR) is 105 cm³/mol. The SMILES string of the molecule is CC(=O)c1ccc(NC(=O)C(C)N2CC=C(c3ccccc3)CC2)cc1. The number of benzene rings is 2. The van der Waals surface area contributed by atoms with Crippen molar-refractivity contribution in [3.8, 4) is 0 Å². The van der Waals surface area contributed by atoms with E-state index >= 15 is 0 Å². The van der Waals surface area contributed by atoms with Crippen LogP contribution in [0.4, 0.5) is 5.69 Å². The lowest BCUT2D eigenvalue weighted by Gasteiger charge is -2.31. The highest BCUT2D eigenvalue weighted by Gasteiger charge is 2.23. The molecule has 1 aliphatic rings. The van der Waals surface area contributed by atoms with Gasteiger partial charge in [-0.1, -0.05) is 36.4 Å². The van der Waals surface area contributed by atoms with Gasteiger partial charge in [0.15, 0.2) is 5.78 Å². The Labute approximate surface area is 154 Å². The Morgan fingerprint density at radius 2 is 1.73 bits per heavy atom. The molecule has 1 aliphatic heterocycles. The zero-order valence-corrected chi connectivity index (χ0v) is 15.2. The first-order valence-corrected chi connectivity index (χ1v) is 8.95. The molecule has 1 N–H and O–H groups in total. The Kier molecular flexibility index (Phi) is 5.64. The molecule has 3 rings (SSSR count). The van der Waals surface area contributed by atoms with Crippen LogP contribution in [-0.4, -0.2) is 35.7 Å². The van der Waals surface area contributed by atoms with Crippen LogP contribution in [0.5, 0.6) is 0 Å². The van der Waals surface area contributed by atoms with Crippen LogP contribution in [0.15, 0.2) is 60.7 Å².